The van der Waals surface area contributed by atoms with Crippen LogP contribution in [0.15, 0.2) is 0 Å². The summed E-state index contributed by atoms with van der Waals surface area (Å²) in [6.07, 6.45) is 8.11. The van der Waals surface area contributed by atoms with Gasteiger partial charge in [-0.2, -0.15) is 0 Å². The SMILES string of the molecule is CCC(=O)NC1CCC(CC)(CC)CC1. The van der Waals surface area contributed by atoms with E-state index in [1.165, 1.54) is 38.5 Å². The second-order valence-corrected chi connectivity index (χ2v) is 4.90. The molecule has 1 N–H and O–H groups in total. The predicted molar refractivity (Wildman–Crippen MR) is 63.7 cm³/mol. The lowest BCUT2D eigenvalue weighted by Crippen LogP contribution is -2.40. The van der Waals surface area contributed by atoms with Crippen LogP contribution < -0.4 is 5.32 Å². The Labute approximate surface area is 93.8 Å². The third-order valence-electron chi connectivity index (χ3n) is 4.23. The molecule has 15 heavy (non-hydrogen) atoms. The van der Waals surface area contributed by atoms with Crippen LogP contribution in [0.2, 0.25) is 0 Å². The summed E-state index contributed by atoms with van der Waals surface area (Å²) in [6.45, 7) is 6.52. The van der Waals surface area contributed by atoms with Gasteiger partial charge in [-0.1, -0.05) is 33.6 Å². The fourth-order valence-corrected chi connectivity index (χ4v) is 2.66. The number of hydrogen-bond acceptors (Lipinski definition) is 1. The van der Waals surface area contributed by atoms with Gasteiger partial charge in [0, 0.05) is 12.5 Å². The monoisotopic (exact) mass is 211 g/mol. The van der Waals surface area contributed by atoms with Crippen LogP contribution in [0.4, 0.5) is 0 Å². The van der Waals surface area contributed by atoms with E-state index in [1.54, 1.807) is 0 Å². The maximum absolute atomic E-state index is 11.3. The van der Waals surface area contributed by atoms with Gasteiger partial charge in [-0.15, -0.1) is 0 Å². The molecule has 0 aromatic rings. The zero-order valence-corrected chi connectivity index (χ0v) is 10.4. The van der Waals surface area contributed by atoms with Crippen molar-refractivity contribution < 1.29 is 4.79 Å². The minimum absolute atomic E-state index is 0.209. The summed E-state index contributed by atoms with van der Waals surface area (Å²) in [5.74, 6) is 0.209. The molecule has 1 saturated carbocycles. The summed E-state index contributed by atoms with van der Waals surface area (Å²) in [7, 11) is 0. The zero-order chi connectivity index (χ0) is 11.3. The number of carbonyl (C=O) groups is 1. The first-order valence-electron chi connectivity index (χ1n) is 6.45. The summed E-state index contributed by atoms with van der Waals surface area (Å²) in [5, 5.41) is 3.12. The Balaban J connectivity index is 2.38. The summed E-state index contributed by atoms with van der Waals surface area (Å²) >= 11 is 0. The van der Waals surface area contributed by atoms with Gasteiger partial charge in [-0.25, -0.2) is 0 Å². The van der Waals surface area contributed by atoms with Crippen LogP contribution in [-0.2, 0) is 4.79 Å². The van der Waals surface area contributed by atoms with Crippen LogP contribution in [0.3, 0.4) is 0 Å². The number of rotatable bonds is 4. The topological polar surface area (TPSA) is 29.1 Å². The van der Waals surface area contributed by atoms with Crippen LogP contribution in [0, 0.1) is 5.41 Å². The average molecular weight is 211 g/mol. The molecule has 88 valence electrons. The van der Waals surface area contributed by atoms with Crippen LogP contribution in [0.5, 0.6) is 0 Å². The molecular formula is C13H25NO. The van der Waals surface area contributed by atoms with Crippen molar-refractivity contribution in [2.75, 3.05) is 0 Å². The highest BCUT2D eigenvalue weighted by Gasteiger charge is 2.32. The molecule has 0 radical (unpaired) electrons. The first-order valence-corrected chi connectivity index (χ1v) is 6.45. The van der Waals surface area contributed by atoms with Gasteiger partial charge in [0.15, 0.2) is 0 Å². The minimum Gasteiger partial charge on any atom is -0.353 e. The lowest BCUT2D eigenvalue weighted by atomic mass is 9.69. The third kappa shape index (κ3) is 3.22. The Hall–Kier alpha value is -0.530. The van der Waals surface area contributed by atoms with E-state index in [0.29, 0.717) is 17.9 Å². The number of hydrogen-bond donors (Lipinski definition) is 1. The second kappa shape index (κ2) is 5.53. The highest BCUT2D eigenvalue weighted by Crippen LogP contribution is 2.41. The number of nitrogens with one attached hydrogen (secondary N) is 1. The molecule has 1 amide bonds. The molecule has 2 heteroatoms. The first kappa shape index (κ1) is 12.5. The predicted octanol–water partition coefficient (Wildman–Crippen LogP) is 3.26. The van der Waals surface area contributed by atoms with E-state index in [0.717, 1.165) is 0 Å². The van der Waals surface area contributed by atoms with Gasteiger partial charge in [0.05, 0.1) is 0 Å². The molecule has 0 unspecified atom stereocenters. The maximum atomic E-state index is 11.3. The van der Waals surface area contributed by atoms with E-state index in [1.807, 2.05) is 6.92 Å². The van der Waals surface area contributed by atoms with Gasteiger partial charge >= 0.3 is 0 Å². The first-order chi connectivity index (χ1) is 7.15. The largest absolute Gasteiger partial charge is 0.353 e. The molecule has 1 aliphatic carbocycles. The summed E-state index contributed by atoms with van der Waals surface area (Å²) in [6, 6.07) is 0.448. The molecule has 0 spiro atoms. The van der Waals surface area contributed by atoms with E-state index in [9.17, 15) is 4.79 Å². The fraction of sp³-hybridized carbons (Fsp3) is 0.923. The minimum atomic E-state index is 0.209. The molecule has 1 aliphatic rings. The molecule has 1 rings (SSSR count). The van der Waals surface area contributed by atoms with Crippen molar-refractivity contribution in [1.82, 2.24) is 5.32 Å². The smallest absolute Gasteiger partial charge is 0.219 e. The van der Waals surface area contributed by atoms with Crippen molar-refractivity contribution in [2.45, 2.75) is 71.8 Å². The highest BCUT2D eigenvalue weighted by atomic mass is 16.1. The fourth-order valence-electron chi connectivity index (χ4n) is 2.66. The Morgan fingerprint density at radius 2 is 1.73 bits per heavy atom. The Bertz CT molecular complexity index is 199. The standard InChI is InChI=1S/C13H25NO/c1-4-12(15)14-11-7-9-13(5-2,6-3)10-8-11/h11H,4-10H2,1-3H3,(H,14,15). The van der Waals surface area contributed by atoms with Crippen LogP contribution in [0.25, 0.3) is 0 Å². The van der Waals surface area contributed by atoms with Gasteiger partial charge in [0.25, 0.3) is 0 Å². The summed E-state index contributed by atoms with van der Waals surface area (Å²) in [5.41, 5.74) is 0.577. The molecule has 0 saturated heterocycles. The van der Waals surface area contributed by atoms with Gasteiger partial charge in [0.2, 0.25) is 5.91 Å². The van der Waals surface area contributed by atoms with Crippen molar-refractivity contribution in [3.63, 3.8) is 0 Å². The number of carbonyl (C=O) groups excluding carboxylic acids is 1. The Kier molecular flexibility index (Phi) is 4.62. The highest BCUT2D eigenvalue weighted by molar-refractivity contribution is 5.75. The zero-order valence-electron chi connectivity index (χ0n) is 10.4. The lowest BCUT2D eigenvalue weighted by Gasteiger charge is -2.39. The normalized spacial score (nSPS) is 21.3. The summed E-state index contributed by atoms with van der Waals surface area (Å²) < 4.78 is 0. The van der Waals surface area contributed by atoms with Gasteiger partial charge < -0.3 is 5.32 Å². The molecule has 0 atom stereocenters. The third-order valence-corrected chi connectivity index (χ3v) is 4.23. The Morgan fingerprint density at radius 3 is 2.13 bits per heavy atom. The molecule has 0 aliphatic heterocycles. The van der Waals surface area contributed by atoms with Crippen molar-refractivity contribution in [1.29, 1.82) is 0 Å². The maximum Gasteiger partial charge on any atom is 0.219 e. The Morgan fingerprint density at radius 1 is 1.20 bits per heavy atom. The van der Waals surface area contributed by atoms with E-state index >= 15 is 0 Å². The van der Waals surface area contributed by atoms with Crippen LogP contribution >= 0.6 is 0 Å². The molecule has 0 aromatic carbocycles. The molecule has 1 fully saturated rings. The van der Waals surface area contributed by atoms with Crippen molar-refractivity contribution in [3.8, 4) is 0 Å². The lowest BCUT2D eigenvalue weighted by molar-refractivity contribution is -0.121. The van der Waals surface area contributed by atoms with E-state index < -0.39 is 0 Å². The van der Waals surface area contributed by atoms with Gasteiger partial charge in [0.1, 0.15) is 0 Å². The average Bonchev–Trinajstić information content (AvgIpc) is 2.30. The van der Waals surface area contributed by atoms with Crippen LogP contribution in [0.1, 0.15) is 65.7 Å². The van der Waals surface area contributed by atoms with Crippen LogP contribution in [-0.4, -0.2) is 11.9 Å². The van der Waals surface area contributed by atoms with E-state index in [2.05, 4.69) is 19.2 Å². The van der Waals surface area contributed by atoms with Crippen molar-refractivity contribution in [2.24, 2.45) is 5.41 Å². The molecule has 0 bridgehead atoms. The second-order valence-electron chi connectivity index (χ2n) is 4.90. The number of amides is 1. The molecule has 2 nitrogen and oxygen atoms in total. The quantitative estimate of drug-likeness (QED) is 0.759. The molecular weight excluding hydrogens is 186 g/mol. The van der Waals surface area contributed by atoms with Gasteiger partial charge in [-0.3, -0.25) is 4.79 Å². The van der Waals surface area contributed by atoms with E-state index in [4.69, 9.17) is 0 Å². The molecule has 0 aromatic heterocycles. The van der Waals surface area contributed by atoms with Crippen molar-refractivity contribution >= 4 is 5.91 Å². The van der Waals surface area contributed by atoms with Gasteiger partial charge in [-0.05, 0) is 31.1 Å². The van der Waals surface area contributed by atoms with E-state index in [-0.39, 0.29) is 5.91 Å². The summed E-state index contributed by atoms with van der Waals surface area (Å²) in [4.78, 5) is 11.3. The molecule has 0 heterocycles. The van der Waals surface area contributed by atoms with Crippen molar-refractivity contribution in [3.05, 3.63) is 0 Å².